The van der Waals surface area contributed by atoms with Crippen LogP contribution in [0, 0.1) is 0 Å². The smallest absolute Gasteiger partial charge is 0.127 e. The predicted molar refractivity (Wildman–Crippen MR) is 102 cm³/mol. The van der Waals surface area contributed by atoms with Crippen molar-refractivity contribution in [2.24, 2.45) is 5.73 Å². The highest BCUT2D eigenvalue weighted by atomic mass is 16.5. The molecule has 0 aromatic heterocycles. The lowest BCUT2D eigenvalue weighted by Gasteiger charge is -2.29. The number of methoxy groups -OCH3 is 1. The van der Waals surface area contributed by atoms with Gasteiger partial charge in [-0.05, 0) is 61.4 Å². The number of hydrazine groups is 1. The molecule has 6 heteroatoms. The summed E-state index contributed by atoms with van der Waals surface area (Å²) < 4.78 is 11.0. The minimum Gasteiger partial charge on any atom is -0.497 e. The number of anilines is 1. The average molecular weight is 352 g/mol. The van der Waals surface area contributed by atoms with E-state index in [2.05, 4.69) is 14.9 Å². The number of benzene rings is 2. The van der Waals surface area contributed by atoms with Crippen LogP contribution >= 0.6 is 0 Å². The Labute approximate surface area is 154 Å². The maximum Gasteiger partial charge on any atom is 0.127 e. The van der Waals surface area contributed by atoms with Gasteiger partial charge in [-0.3, -0.25) is 5.01 Å². The molecule has 2 aromatic rings. The third kappa shape index (κ3) is 3.41. The van der Waals surface area contributed by atoms with Crippen LogP contribution in [0.4, 0.5) is 5.69 Å². The molecule has 0 amide bonds. The van der Waals surface area contributed by atoms with E-state index in [0.717, 1.165) is 48.5 Å². The highest BCUT2D eigenvalue weighted by molar-refractivity contribution is 5.54. The zero-order valence-electron chi connectivity index (χ0n) is 15.0. The zero-order valence-corrected chi connectivity index (χ0v) is 15.0. The van der Waals surface area contributed by atoms with E-state index in [9.17, 15) is 0 Å². The molecule has 0 saturated carbocycles. The first-order valence-corrected chi connectivity index (χ1v) is 8.91. The molecule has 0 atom stereocenters. The van der Waals surface area contributed by atoms with E-state index in [1.807, 2.05) is 54.7 Å². The van der Waals surface area contributed by atoms with Gasteiger partial charge in [-0.1, -0.05) is 0 Å². The molecule has 2 heterocycles. The quantitative estimate of drug-likeness (QED) is 0.891. The van der Waals surface area contributed by atoms with E-state index in [1.54, 1.807) is 7.11 Å². The molecule has 4 rings (SSSR count). The minimum atomic E-state index is 0.754. The first kappa shape index (κ1) is 16.6. The fourth-order valence-electron chi connectivity index (χ4n) is 3.32. The monoisotopic (exact) mass is 352 g/mol. The van der Waals surface area contributed by atoms with Crippen molar-refractivity contribution in [1.82, 2.24) is 10.0 Å². The summed E-state index contributed by atoms with van der Waals surface area (Å²) in [4.78, 5) is 2.11. The highest BCUT2D eigenvalue weighted by Gasteiger charge is 2.26. The summed E-state index contributed by atoms with van der Waals surface area (Å²) >= 11 is 0. The molecule has 26 heavy (non-hydrogen) atoms. The molecular weight excluding hydrogens is 328 g/mol. The largest absolute Gasteiger partial charge is 0.497 e. The summed E-state index contributed by atoms with van der Waals surface area (Å²) in [6.45, 7) is 2.96. The summed E-state index contributed by atoms with van der Waals surface area (Å²) in [5.74, 6) is 3.14. The van der Waals surface area contributed by atoms with Crippen LogP contribution in [-0.4, -0.2) is 36.9 Å². The number of hydrogen-bond donors (Lipinski definition) is 1. The van der Waals surface area contributed by atoms with Gasteiger partial charge in [-0.25, -0.2) is 5.01 Å². The molecule has 1 fully saturated rings. The van der Waals surface area contributed by atoms with Gasteiger partial charge in [0.1, 0.15) is 29.7 Å². The Bertz CT molecular complexity index is 767. The van der Waals surface area contributed by atoms with E-state index in [1.165, 1.54) is 12.8 Å². The summed E-state index contributed by atoms with van der Waals surface area (Å²) in [7, 11) is 1.65. The predicted octanol–water partition coefficient (Wildman–Crippen LogP) is 3.34. The molecular formula is C20H24N4O2. The normalized spacial score (nSPS) is 17.5. The van der Waals surface area contributed by atoms with Gasteiger partial charge < -0.3 is 20.1 Å². The molecule has 2 aliphatic heterocycles. The van der Waals surface area contributed by atoms with Crippen molar-refractivity contribution >= 4 is 5.69 Å². The van der Waals surface area contributed by atoms with Crippen molar-refractivity contribution in [3.63, 3.8) is 0 Å². The molecule has 2 aromatic carbocycles. The Morgan fingerprint density at radius 2 is 1.42 bits per heavy atom. The van der Waals surface area contributed by atoms with E-state index in [0.29, 0.717) is 0 Å². The van der Waals surface area contributed by atoms with Crippen molar-refractivity contribution in [2.45, 2.75) is 12.8 Å². The second-order valence-corrected chi connectivity index (χ2v) is 6.50. The van der Waals surface area contributed by atoms with Gasteiger partial charge in [0.25, 0.3) is 0 Å². The third-order valence-electron chi connectivity index (χ3n) is 4.77. The lowest BCUT2D eigenvalue weighted by molar-refractivity contribution is 0.0596. The van der Waals surface area contributed by atoms with Crippen LogP contribution in [0.3, 0.4) is 0 Å². The molecule has 2 aliphatic rings. The molecule has 2 N–H and O–H groups in total. The Kier molecular flexibility index (Phi) is 4.58. The molecule has 0 spiro atoms. The van der Waals surface area contributed by atoms with Gasteiger partial charge in [0.05, 0.1) is 13.3 Å². The summed E-state index contributed by atoms with van der Waals surface area (Å²) in [5, 5.41) is 4.57. The lowest BCUT2D eigenvalue weighted by atomic mass is 10.2. The van der Waals surface area contributed by atoms with Gasteiger partial charge in [0.2, 0.25) is 0 Å². The molecule has 0 bridgehead atoms. The van der Waals surface area contributed by atoms with E-state index in [4.69, 9.17) is 15.2 Å². The zero-order chi connectivity index (χ0) is 17.9. The first-order valence-electron chi connectivity index (χ1n) is 8.91. The summed E-state index contributed by atoms with van der Waals surface area (Å²) in [5.41, 5.74) is 7.29. The molecule has 0 aliphatic carbocycles. The second-order valence-electron chi connectivity index (χ2n) is 6.50. The standard InChI is InChI=1S/C20H24N4O2/c1-25-17-8-10-19(11-9-17)26-18-6-4-16(5-7-18)24-15-23(14-20(24)21)22-12-2-3-13-22/h4-11,14H,2-3,12-13,15,21H2,1H3. The van der Waals surface area contributed by atoms with Crippen molar-refractivity contribution in [3.8, 4) is 17.2 Å². The number of nitrogens with two attached hydrogens (primary N) is 1. The van der Waals surface area contributed by atoms with Crippen molar-refractivity contribution < 1.29 is 9.47 Å². The summed E-state index contributed by atoms with van der Waals surface area (Å²) in [6.07, 6.45) is 4.52. The number of ether oxygens (including phenoxy) is 2. The van der Waals surface area contributed by atoms with Crippen LogP contribution in [0.2, 0.25) is 0 Å². The van der Waals surface area contributed by atoms with E-state index < -0.39 is 0 Å². The van der Waals surface area contributed by atoms with Crippen molar-refractivity contribution in [2.75, 3.05) is 31.8 Å². The van der Waals surface area contributed by atoms with Gasteiger partial charge in [-0.2, -0.15) is 0 Å². The SMILES string of the molecule is COc1ccc(Oc2ccc(N3CN(N4CCCC4)C=C3N)cc2)cc1. The van der Waals surface area contributed by atoms with Gasteiger partial charge in [0, 0.05) is 18.8 Å². The molecule has 1 saturated heterocycles. The van der Waals surface area contributed by atoms with Crippen LogP contribution in [0.5, 0.6) is 17.2 Å². The lowest BCUT2D eigenvalue weighted by Crippen LogP contribution is -2.39. The Morgan fingerprint density at radius 3 is 2.04 bits per heavy atom. The molecule has 6 nitrogen and oxygen atoms in total. The van der Waals surface area contributed by atoms with E-state index in [-0.39, 0.29) is 0 Å². The first-order chi connectivity index (χ1) is 12.7. The fourth-order valence-corrected chi connectivity index (χ4v) is 3.32. The van der Waals surface area contributed by atoms with Gasteiger partial charge in [-0.15, -0.1) is 0 Å². The van der Waals surface area contributed by atoms with Gasteiger partial charge in [0.15, 0.2) is 0 Å². The second kappa shape index (κ2) is 7.17. The third-order valence-corrected chi connectivity index (χ3v) is 4.77. The fraction of sp³-hybridized carbons (Fsp3) is 0.300. The average Bonchev–Trinajstić information content (AvgIpc) is 3.33. The molecule has 0 radical (unpaired) electrons. The van der Waals surface area contributed by atoms with Crippen LogP contribution in [0.25, 0.3) is 0 Å². The van der Waals surface area contributed by atoms with Crippen LogP contribution < -0.4 is 20.1 Å². The van der Waals surface area contributed by atoms with Crippen molar-refractivity contribution in [1.29, 1.82) is 0 Å². The summed E-state index contributed by atoms with van der Waals surface area (Å²) in [6, 6.07) is 15.5. The van der Waals surface area contributed by atoms with Crippen LogP contribution in [0.15, 0.2) is 60.6 Å². The van der Waals surface area contributed by atoms with Gasteiger partial charge >= 0.3 is 0 Å². The minimum absolute atomic E-state index is 0.754. The molecule has 0 unspecified atom stereocenters. The number of hydrogen-bond acceptors (Lipinski definition) is 6. The Balaban J connectivity index is 1.41. The topological polar surface area (TPSA) is 54.2 Å². The van der Waals surface area contributed by atoms with E-state index >= 15 is 0 Å². The Hall–Kier alpha value is -2.86. The van der Waals surface area contributed by atoms with Crippen molar-refractivity contribution in [3.05, 3.63) is 60.6 Å². The van der Waals surface area contributed by atoms with Crippen LogP contribution in [0.1, 0.15) is 12.8 Å². The number of rotatable bonds is 5. The van der Waals surface area contributed by atoms with Crippen LogP contribution in [-0.2, 0) is 0 Å². The Morgan fingerprint density at radius 1 is 0.846 bits per heavy atom. The number of nitrogens with zero attached hydrogens (tertiary/aromatic N) is 3. The molecule has 136 valence electrons. The maximum absolute atomic E-state index is 6.23. The maximum atomic E-state index is 6.23. The highest BCUT2D eigenvalue weighted by Crippen LogP contribution is 2.29.